The van der Waals surface area contributed by atoms with Gasteiger partial charge in [0.1, 0.15) is 11.7 Å². The number of benzene rings is 7. The third kappa shape index (κ3) is 8.85. The molecule has 0 amide bonds. The first kappa shape index (κ1) is 44.2. The Kier molecular flexibility index (Phi) is 12.6. The lowest BCUT2D eigenvalue weighted by Crippen LogP contribution is -2.32. The van der Waals surface area contributed by atoms with Gasteiger partial charge in [-0.05, 0) is 111 Å². The fraction of sp³-hybridized carbons (Fsp3) is 0.175. The molecule has 7 aromatic carbocycles. The number of alkyl halides is 1. The van der Waals surface area contributed by atoms with Crippen molar-refractivity contribution >= 4 is 34.1 Å². The number of rotatable bonds is 9. The van der Waals surface area contributed by atoms with Gasteiger partial charge in [-0.15, -0.1) is 0 Å². The maximum Gasteiger partial charge on any atom is 0.156 e. The van der Waals surface area contributed by atoms with E-state index in [1.807, 2.05) is 56.3 Å². The molecule has 1 aliphatic heterocycles. The molecular formula is C63H57FN4. The number of amidine groups is 2. The normalized spacial score (nSPS) is 20.5. The lowest BCUT2D eigenvalue weighted by atomic mass is 9.84. The summed E-state index contributed by atoms with van der Waals surface area (Å²) in [5.74, 6) is 2.04. The van der Waals surface area contributed by atoms with Crippen LogP contribution in [-0.2, 0) is 12.2 Å². The van der Waals surface area contributed by atoms with Gasteiger partial charge < -0.3 is 10.6 Å². The van der Waals surface area contributed by atoms with Crippen LogP contribution in [0.5, 0.6) is 0 Å². The third-order valence-electron chi connectivity index (χ3n) is 13.8. The average molecular weight is 889 g/mol. The number of allylic oxidation sites excluding steroid dienone is 6. The Hall–Kier alpha value is -7.63. The van der Waals surface area contributed by atoms with Gasteiger partial charge in [0.15, 0.2) is 5.67 Å². The van der Waals surface area contributed by atoms with Crippen LogP contribution in [-0.4, -0.2) is 18.7 Å². The van der Waals surface area contributed by atoms with Gasteiger partial charge in [-0.2, -0.15) is 0 Å². The van der Waals surface area contributed by atoms with E-state index in [2.05, 4.69) is 179 Å². The van der Waals surface area contributed by atoms with Crippen molar-refractivity contribution in [3.05, 3.63) is 262 Å². The second-order valence-corrected chi connectivity index (χ2v) is 17.9. The highest BCUT2D eigenvalue weighted by atomic mass is 19.1. The molecule has 0 aromatic heterocycles. The zero-order valence-electron chi connectivity index (χ0n) is 39.3. The van der Waals surface area contributed by atoms with Crippen LogP contribution in [0.4, 0.5) is 4.39 Å². The highest BCUT2D eigenvalue weighted by Gasteiger charge is 2.55. The summed E-state index contributed by atoms with van der Waals surface area (Å²) < 4.78 is 17.1. The zero-order valence-corrected chi connectivity index (χ0v) is 39.3. The highest BCUT2D eigenvalue weighted by molar-refractivity contribution is 6.14. The molecule has 1 saturated carbocycles. The summed E-state index contributed by atoms with van der Waals surface area (Å²) in [4.78, 5) is 9.64. The van der Waals surface area contributed by atoms with E-state index in [0.29, 0.717) is 12.5 Å². The van der Waals surface area contributed by atoms with Crippen molar-refractivity contribution in [1.29, 1.82) is 0 Å². The summed E-state index contributed by atoms with van der Waals surface area (Å²) in [7, 11) is 1.80. The zero-order chi connectivity index (χ0) is 46.6. The van der Waals surface area contributed by atoms with Crippen LogP contribution in [0.15, 0.2) is 222 Å². The fourth-order valence-electron chi connectivity index (χ4n) is 10.3. The second-order valence-electron chi connectivity index (χ2n) is 17.9. The summed E-state index contributed by atoms with van der Waals surface area (Å²) >= 11 is 0. The lowest BCUT2D eigenvalue weighted by molar-refractivity contribution is 0.240. The molecule has 68 heavy (non-hydrogen) atoms. The number of nitrogens with zero attached hydrogens (tertiary/aromatic N) is 2. The largest absolute Gasteiger partial charge is 0.377 e. The summed E-state index contributed by atoms with van der Waals surface area (Å²) in [5, 5.41) is 7.44. The van der Waals surface area contributed by atoms with Crippen molar-refractivity contribution in [2.75, 3.05) is 7.05 Å². The number of nitrogens with one attached hydrogen (secondary N) is 2. The molecule has 4 atom stereocenters. The molecule has 4 nitrogen and oxygen atoms in total. The summed E-state index contributed by atoms with van der Waals surface area (Å²) in [6.45, 7) is 6.32. The van der Waals surface area contributed by atoms with Gasteiger partial charge in [-0.3, -0.25) is 9.98 Å². The smallest absolute Gasteiger partial charge is 0.156 e. The molecule has 4 unspecified atom stereocenters. The topological polar surface area (TPSA) is 48.8 Å². The first-order chi connectivity index (χ1) is 33.4. The van der Waals surface area contributed by atoms with Gasteiger partial charge >= 0.3 is 0 Å². The Morgan fingerprint density at radius 1 is 0.632 bits per heavy atom. The average Bonchev–Trinajstić information content (AvgIpc) is 4.21. The van der Waals surface area contributed by atoms with E-state index in [4.69, 9.17) is 4.99 Å². The van der Waals surface area contributed by atoms with Crippen LogP contribution in [0.1, 0.15) is 89.7 Å². The minimum atomic E-state index is -1.50. The number of hydrogen-bond donors (Lipinski definition) is 2. The van der Waals surface area contributed by atoms with Gasteiger partial charge in [0.05, 0.1) is 12.6 Å². The van der Waals surface area contributed by atoms with Crippen molar-refractivity contribution in [3.63, 3.8) is 0 Å². The molecule has 336 valence electrons. The van der Waals surface area contributed by atoms with E-state index >= 15 is 4.39 Å². The van der Waals surface area contributed by atoms with Crippen LogP contribution in [0, 0.1) is 11.8 Å². The van der Waals surface area contributed by atoms with Crippen molar-refractivity contribution in [2.45, 2.75) is 51.9 Å². The summed E-state index contributed by atoms with van der Waals surface area (Å²) in [5.41, 5.74) is 16.0. The van der Waals surface area contributed by atoms with E-state index in [9.17, 15) is 0 Å². The molecule has 3 aliphatic carbocycles. The van der Waals surface area contributed by atoms with Crippen LogP contribution >= 0.6 is 0 Å². The Balaban J connectivity index is 0.00000266. The van der Waals surface area contributed by atoms with E-state index in [1.54, 1.807) is 14.0 Å². The molecule has 11 rings (SSSR count). The molecule has 0 spiro atoms. The van der Waals surface area contributed by atoms with Gasteiger partial charge in [-0.1, -0.05) is 208 Å². The van der Waals surface area contributed by atoms with Gasteiger partial charge in [-0.25, -0.2) is 4.39 Å². The maximum absolute atomic E-state index is 17.1. The number of aliphatic imine (C=N–C) groups is 2. The summed E-state index contributed by atoms with van der Waals surface area (Å²) in [6.07, 6.45) is 8.79. The van der Waals surface area contributed by atoms with Crippen molar-refractivity contribution < 1.29 is 4.39 Å². The summed E-state index contributed by atoms with van der Waals surface area (Å²) in [6, 6.07) is 65.7. The standard InChI is InChI=1S/C61H51FN4.C2H6/c1-61(62)55-33-31-48(42-23-29-47(30-24-42)59(63-2)66-60(46-21-13-6-14-22-46)64-39-40-15-7-3-8-16-40)35-52(55)54-37-50(51-38-53(51)58(54)61)43-25-27-45(28-26-43)56-34-32-49(41-17-9-4-10-18-41)36-57(65-56)44-19-11-5-12-20-44;1-2/h3-33,35-37,51,53,56,65H,34,38-39H2,1-2H3,(H,63,64,66);1-2H3. The van der Waals surface area contributed by atoms with Crippen LogP contribution < -0.4 is 10.6 Å². The van der Waals surface area contributed by atoms with E-state index in [-0.39, 0.29) is 12.0 Å². The van der Waals surface area contributed by atoms with E-state index in [0.717, 1.165) is 80.3 Å². The number of halogens is 1. The fourth-order valence-corrected chi connectivity index (χ4v) is 10.3. The lowest BCUT2D eigenvalue weighted by Gasteiger charge is -2.23. The molecule has 5 heteroatoms. The number of fused-ring (bicyclic) bond motifs is 4. The predicted octanol–water partition coefficient (Wildman–Crippen LogP) is 14.8. The molecule has 1 fully saturated rings. The van der Waals surface area contributed by atoms with Gasteiger partial charge in [0, 0.05) is 29.4 Å². The molecule has 0 saturated heterocycles. The Bertz CT molecular complexity index is 3110. The van der Waals surface area contributed by atoms with Crippen molar-refractivity contribution in [3.8, 4) is 11.1 Å². The van der Waals surface area contributed by atoms with E-state index in [1.165, 1.54) is 33.4 Å². The third-order valence-corrected chi connectivity index (χ3v) is 13.8. The first-order valence-corrected chi connectivity index (χ1v) is 24.1. The van der Waals surface area contributed by atoms with Gasteiger partial charge in [0.2, 0.25) is 0 Å². The molecule has 0 radical (unpaired) electrons. The molecule has 7 aromatic rings. The van der Waals surface area contributed by atoms with Gasteiger partial charge in [0.25, 0.3) is 0 Å². The second kappa shape index (κ2) is 19.3. The van der Waals surface area contributed by atoms with Crippen LogP contribution in [0.25, 0.3) is 33.5 Å². The van der Waals surface area contributed by atoms with Crippen LogP contribution in [0.2, 0.25) is 0 Å². The molecular weight excluding hydrogens is 832 g/mol. The predicted molar refractivity (Wildman–Crippen MR) is 283 cm³/mol. The maximum atomic E-state index is 17.1. The highest BCUT2D eigenvalue weighted by Crippen LogP contribution is 2.65. The first-order valence-electron chi connectivity index (χ1n) is 24.1. The molecule has 1 heterocycles. The monoisotopic (exact) mass is 888 g/mol. The van der Waals surface area contributed by atoms with E-state index < -0.39 is 5.67 Å². The minimum Gasteiger partial charge on any atom is -0.377 e. The quantitative estimate of drug-likeness (QED) is 0.112. The minimum absolute atomic E-state index is 0.110. The Morgan fingerprint density at radius 3 is 1.91 bits per heavy atom. The Morgan fingerprint density at radius 2 is 1.24 bits per heavy atom. The molecule has 2 N–H and O–H groups in total. The molecule has 4 aliphatic rings. The van der Waals surface area contributed by atoms with Crippen molar-refractivity contribution in [2.24, 2.45) is 21.8 Å². The number of hydrogen-bond acceptors (Lipinski definition) is 3. The molecule has 0 bridgehead atoms. The Labute approximate surface area is 401 Å². The van der Waals surface area contributed by atoms with Crippen LogP contribution in [0.3, 0.4) is 0 Å². The SMILES string of the molecule is CC.CN=C(NC(=NCc1ccccc1)c1ccccc1)c1ccc(-c2ccc3c(c2)C2=C(C4CC4C(c4ccc(C5CC=C(c6ccccc6)C=C(c6ccccc6)N5)cc4)=C2)C3(C)F)cc1. The van der Waals surface area contributed by atoms with Crippen molar-refractivity contribution in [1.82, 2.24) is 10.6 Å².